The number of rotatable bonds is 18. The average Bonchev–Trinajstić information content (AvgIpc) is 3.39. The van der Waals surface area contributed by atoms with Crippen LogP contribution >= 0.6 is 0 Å². The van der Waals surface area contributed by atoms with E-state index in [2.05, 4.69) is 11.8 Å². The highest BCUT2D eigenvalue weighted by molar-refractivity contribution is 5.78. The van der Waals surface area contributed by atoms with E-state index in [0.29, 0.717) is 25.4 Å². The molecule has 0 bridgehead atoms. The summed E-state index contributed by atoms with van der Waals surface area (Å²) in [5, 5.41) is 0. The van der Waals surface area contributed by atoms with Crippen molar-refractivity contribution in [3.63, 3.8) is 0 Å². The third-order valence-electron chi connectivity index (χ3n) is 6.97. The Morgan fingerprint density at radius 2 is 1.75 bits per heavy atom. The highest BCUT2D eigenvalue weighted by Gasteiger charge is 2.28. The van der Waals surface area contributed by atoms with Gasteiger partial charge in [0.05, 0.1) is 13.2 Å². The van der Waals surface area contributed by atoms with Crippen LogP contribution in [0.1, 0.15) is 103 Å². The average molecular weight is 453 g/mol. The lowest BCUT2D eigenvalue weighted by molar-refractivity contribution is -0.152. The van der Waals surface area contributed by atoms with E-state index in [1.54, 1.807) is 7.11 Å². The molecule has 0 aromatic heterocycles. The summed E-state index contributed by atoms with van der Waals surface area (Å²) in [6, 6.07) is 0.465. The Balaban J connectivity index is 1.68. The minimum absolute atomic E-state index is 0.0977. The second-order valence-electron chi connectivity index (χ2n) is 9.71. The second kappa shape index (κ2) is 16.5. The van der Waals surface area contributed by atoms with Crippen molar-refractivity contribution < 1.29 is 19.1 Å². The van der Waals surface area contributed by atoms with Gasteiger partial charge in [0, 0.05) is 39.1 Å². The van der Waals surface area contributed by atoms with Crippen LogP contribution < -0.4 is 0 Å². The van der Waals surface area contributed by atoms with E-state index in [1.165, 1.54) is 57.8 Å². The Morgan fingerprint density at radius 1 is 1.03 bits per heavy atom. The SMILES string of the molecule is CCCCCCCCCCCC(=O)OC(CCN1CCC[C@H]1COC)CN1CCCC1=O. The van der Waals surface area contributed by atoms with Gasteiger partial charge in [-0.05, 0) is 38.6 Å². The molecule has 1 amide bonds. The minimum Gasteiger partial charge on any atom is -0.460 e. The van der Waals surface area contributed by atoms with Crippen LogP contribution in [0.5, 0.6) is 0 Å². The van der Waals surface area contributed by atoms with Gasteiger partial charge in [0.2, 0.25) is 5.91 Å². The number of methoxy groups -OCH3 is 1. The highest BCUT2D eigenvalue weighted by Crippen LogP contribution is 2.20. The van der Waals surface area contributed by atoms with Crippen LogP contribution in [0.3, 0.4) is 0 Å². The fourth-order valence-electron chi connectivity index (χ4n) is 5.04. The molecule has 2 atom stereocenters. The molecule has 0 radical (unpaired) electrons. The van der Waals surface area contributed by atoms with Gasteiger partial charge in [0.15, 0.2) is 0 Å². The number of hydrogen-bond acceptors (Lipinski definition) is 5. The molecule has 0 spiro atoms. The molecule has 2 rings (SSSR count). The van der Waals surface area contributed by atoms with Gasteiger partial charge in [0.25, 0.3) is 0 Å². The fraction of sp³-hybridized carbons (Fsp3) is 0.923. The van der Waals surface area contributed by atoms with E-state index >= 15 is 0 Å². The number of carbonyl (C=O) groups is 2. The van der Waals surface area contributed by atoms with E-state index in [9.17, 15) is 9.59 Å². The standard InChI is InChI=1S/C26H48N2O4/c1-3-4-5-6-7-8-9-10-11-16-26(30)32-24(21-28-19-13-15-25(28)29)17-20-27-18-12-14-23(27)22-31-2/h23-24H,3-22H2,1-2H3/t23-,24?/m0/s1. The van der Waals surface area contributed by atoms with Crippen molar-refractivity contribution in [2.75, 3.05) is 39.9 Å². The van der Waals surface area contributed by atoms with E-state index in [1.807, 2.05) is 4.90 Å². The third kappa shape index (κ3) is 10.7. The third-order valence-corrected chi connectivity index (χ3v) is 6.97. The van der Waals surface area contributed by atoms with Gasteiger partial charge in [-0.2, -0.15) is 0 Å². The lowest BCUT2D eigenvalue weighted by atomic mass is 10.1. The van der Waals surface area contributed by atoms with Crippen molar-refractivity contribution in [2.24, 2.45) is 0 Å². The molecule has 2 fully saturated rings. The number of ether oxygens (including phenoxy) is 2. The van der Waals surface area contributed by atoms with Gasteiger partial charge in [0.1, 0.15) is 6.10 Å². The Kier molecular flexibility index (Phi) is 14.0. The number of nitrogens with zero attached hydrogens (tertiary/aromatic N) is 2. The van der Waals surface area contributed by atoms with Crippen molar-refractivity contribution >= 4 is 11.9 Å². The topological polar surface area (TPSA) is 59.1 Å². The summed E-state index contributed by atoms with van der Waals surface area (Å²) in [4.78, 5) is 29.0. The zero-order chi connectivity index (χ0) is 23.0. The smallest absolute Gasteiger partial charge is 0.306 e. The van der Waals surface area contributed by atoms with Crippen LogP contribution in [-0.4, -0.2) is 73.7 Å². The molecule has 6 heteroatoms. The lowest BCUT2D eigenvalue weighted by Gasteiger charge is -2.28. The van der Waals surface area contributed by atoms with Crippen LogP contribution in [0.4, 0.5) is 0 Å². The van der Waals surface area contributed by atoms with Gasteiger partial charge in [-0.1, -0.05) is 58.3 Å². The van der Waals surface area contributed by atoms with E-state index < -0.39 is 0 Å². The molecule has 186 valence electrons. The van der Waals surface area contributed by atoms with Crippen molar-refractivity contribution in [1.29, 1.82) is 0 Å². The number of hydrogen-bond donors (Lipinski definition) is 0. The molecule has 0 aromatic carbocycles. The highest BCUT2D eigenvalue weighted by atomic mass is 16.5. The summed E-state index contributed by atoms with van der Waals surface area (Å²) in [5.41, 5.74) is 0. The molecule has 0 saturated carbocycles. The van der Waals surface area contributed by atoms with Gasteiger partial charge >= 0.3 is 5.97 Å². The first-order chi connectivity index (χ1) is 15.6. The largest absolute Gasteiger partial charge is 0.460 e. The number of carbonyl (C=O) groups excluding carboxylic acids is 2. The maximum absolute atomic E-state index is 12.5. The molecule has 2 aliphatic rings. The van der Waals surface area contributed by atoms with E-state index in [-0.39, 0.29) is 18.0 Å². The molecule has 2 saturated heterocycles. The minimum atomic E-state index is -0.202. The van der Waals surface area contributed by atoms with Crippen LogP contribution in [-0.2, 0) is 19.1 Å². The molecule has 2 aliphatic heterocycles. The maximum Gasteiger partial charge on any atom is 0.306 e. The van der Waals surface area contributed by atoms with Crippen LogP contribution in [0.25, 0.3) is 0 Å². The predicted octanol–water partition coefficient (Wildman–Crippen LogP) is 4.94. The fourth-order valence-corrected chi connectivity index (χ4v) is 5.04. The molecule has 0 N–H and O–H groups in total. The van der Waals surface area contributed by atoms with Crippen LogP contribution in [0, 0.1) is 0 Å². The first-order valence-electron chi connectivity index (χ1n) is 13.3. The van der Waals surface area contributed by atoms with Gasteiger partial charge < -0.3 is 14.4 Å². The molecule has 2 heterocycles. The number of esters is 1. The zero-order valence-corrected chi connectivity index (χ0v) is 20.8. The quantitative estimate of drug-likeness (QED) is 0.218. The lowest BCUT2D eigenvalue weighted by Crippen LogP contribution is -2.40. The number of unbranched alkanes of at least 4 members (excludes halogenated alkanes) is 8. The molecule has 0 aliphatic carbocycles. The molecule has 6 nitrogen and oxygen atoms in total. The second-order valence-corrected chi connectivity index (χ2v) is 9.71. The van der Waals surface area contributed by atoms with Crippen molar-refractivity contribution in [1.82, 2.24) is 9.80 Å². The van der Waals surface area contributed by atoms with Crippen molar-refractivity contribution in [3.8, 4) is 0 Å². The molecular formula is C26H48N2O4. The predicted molar refractivity (Wildman–Crippen MR) is 129 cm³/mol. The maximum atomic E-state index is 12.5. The zero-order valence-electron chi connectivity index (χ0n) is 20.8. The Morgan fingerprint density at radius 3 is 2.41 bits per heavy atom. The summed E-state index contributed by atoms with van der Waals surface area (Å²) in [7, 11) is 1.76. The summed E-state index contributed by atoms with van der Waals surface area (Å²) >= 11 is 0. The number of likely N-dealkylation sites (tertiary alicyclic amines) is 2. The van der Waals surface area contributed by atoms with Gasteiger partial charge in [-0.3, -0.25) is 14.5 Å². The van der Waals surface area contributed by atoms with Crippen LogP contribution in [0.2, 0.25) is 0 Å². The monoisotopic (exact) mass is 452 g/mol. The summed E-state index contributed by atoms with van der Waals surface area (Å²) in [6.07, 6.45) is 16.1. The molecule has 32 heavy (non-hydrogen) atoms. The summed E-state index contributed by atoms with van der Waals surface area (Å²) < 4.78 is 11.3. The van der Waals surface area contributed by atoms with Gasteiger partial charge in [-0.15, -0.1) is 0 Å². The summed E-state index contributed by atoms with van der Waals surface area (Å²) in [5.74, 6) is 0.0999. The van der Waals surface area contributed by atoms with E-state index in [4.69, 9.17) is 9.47 Å². The van der Waals surface area contributed by atoms with Crippen molar-refractivity contribution in [3.05, 3.63) is 0 Å². The Hall–Kier alpha value is -1.14. The first-order valence-corrected chi connectivity index (χ1v) is 13.3. The normalized spacial score (nSPS) is 20.2. The van der Waals surface area contributed by atoms with Gasteiger partial charge in [-0.25, -0.2) is 0 Å². The number of amides is 1. The molecule has 1 unspecified atom stereocenters. The Bertz CT molecular complexity index is 528. The van der Waals surface area contributed by atoms with E-state index in [0.717, 1.165) is 51.9 Å². The molecule has 0 aromatic rings. The van der Waals surface area contributed by atoms with Crippen molar-refractivity contribution in [2.45, 2.75) is 115 Å². The Labute approximate surface area is 196 Å². The first kappa shape index (κ1) is 27.1. The van der Waals surface area contributed by atoms with Crippen LogP contribution in [0.15, 0.2) is 0 Å². The summed E-state index contributed by atoms with van der Waals surface area (Å²) in [6.45, 7) is 6.32. The molecular weight excluding hydrogens is 404 g/mol.